The summed E-state index contributed by atoms with van der Waals surface area (Å²) in [6.07, 6.45) is 10.4. The molecule has 0 bridgehead atoms. The van der Waals surface area contributed by atoms with Crippen LogP contribution in [0.2, 0.25) is 0 Å². The fourth-order valence-corrected chi connectivity index (χ4v) is 1.70. The smallest absolute Gasteiger partial charge is 0.00186 e. The van der Waals surface area contributed by atoms with Crippen molar-refractivity contribution in [3.8, 4) is 0 Å². The van der Waals surface area contributed by atoms with E-state index in [2.05, 4.69) is 43.9 Å². The van der Waals surface area contributed by atoms with E-state index in [0.717, 1.165) is 38.0 Å². The Labute approximate surface area is 107 Å². The Bertz CT molecular complexity index is 275. The minimum atomic E-state index is 1.12. The zero-order valence-electron chi connectivity index (χ0n) is 11.9. The topological polar surface area (TPSA) is 29.3 Å². The van der Waals surface area contributed by atoms with Gasteiger partial charge in [-0.15, -0.1) is 0 Å². The SMILES string of the molecule is C/C=C\CCN(CC)CC/C(C)=C\C(C)=C/N. The second-order valence-electron chi connectivity index (χ2n) is 4.44. The minimum Gasteiger partial charge on any atom is -0.404 e. The Morgan fingerprint density at radius 2 is 1.94 bits per heavy atom. The first-order valence-corrected chi connectivity index (χ1v) is 6.53. The van der Waals surface area contributed by atoms with Crippen LogP contribution in [-0.2, 0) is 0 Å². The first-order chi connectivity index (χ1) is 8.13. The van der Waals surface area contributed by atoms with Gasteiger partial charge in [0, 0.05) is 13.1 Å². The third kappa shape index (κ3) is 8.75. The third-order valence-corrected chi connectivity index (χ3v) is 2.85. The van der Waals surface area contributed by atoms with Crippen LogP contribution in [0.3, 0.4) is 0 Å². The molecule has 2 heteroatoms. The minimum absolute atomic E-state index is 1.12. The lowest BCUT2D eigenvalue weighted by atomic mass is 10.1. The molecule has 0 saturated heterocycles. The number of nitrogens with two attached hydrogens (primary N) is 1. The van der Waals surface area contributed by atoms with E-state index in [0.29, 0.717) is 0 Å². The Balaban J connectivity index is 4.01. The zero-order chi connectivity index (χ0) is 13.1. The number of nitrogens with zero attached hydrogens (tertiary/aromatic N) is 1. The number of allylic oxidation sites excluding steroid dienone is 3. The summed E-state index contributed by atoms with van der Waals surface area (Å²) in [4.78, 5) is 2.48. The first-order valence-electron chi connectivity index (χ1n) is 6.53. The number of hydrogen-bond donors (Lipinski definition) is 1. The average Bonchev–Trinajstić information content (AvgIpc) is 2.33. The monoisotopic (exact) mass is 236 g/mol. The van der Waals surface area contributed by atoms with Gasteiger partial charge >= 0.3 is 0 Å². The van der Waals surface area contributed by atoms with Crippen LogP contribution in [0.15, 0.2) is 35.6 Å². The van der Waals surface area contributed by atoms with E-state index in [-0.39, 0.29) is 0 Å². The average molecular weight is 236 g/mol. The molecule has 0 aliphatic heterocycles. The van der Waals surface area contributed by atoms with Crippen molar-refractivity contribution in [2.75, 3.05) is 19.6 Å². The molecule has 0 aliphatic rings. The van der Waals surface area contributed by atoms with Gasteiger partial charge in [0.15, 0.2) is 0 Å². The highest BCUT2D eigenvalue weighted by atomic mass is 15.1. The van der Waals surface area contributed by atoms with Crippen molar-refractivity contribution >= 4 is 0 Å². The summed E-state index contributed by atoms with van der Waals surface area (Å²) >= 11 is 0. The molecule has 0 aliphatic carbocycles. The lowest BCUT2D eigenvalue weighted by molar-refractivity contribution is 0.297. The molecule has 0 radical (unpaired) electrons. The maximum Gasteiger partial charge on any atom is 0.00186 e. The highest BCUT2D eigenvalue weighted by Crippen LogP contribution is 2.06. The molecule has 17 heavy (non-hydrogen) atoms. The van der Waals surface area contributed by atoms with E-state index < -0.39 is 0 Å². The molecule has 0 unspecified atom stereocenters. The number of hydrogen-bond acceptors (Lipinski definition) is 2. The summed E-state index contributed by atoms with van der Waals surface area (Å²) in [6.45, 7) is 11.9. The highest BCUT2D eigenvalue weighted by Gasteiger charge is 2.01. The Hall–Kier alpha value is -1.02. The fraction of sp³-hybridized carbons (Fsp3) is 0.600. The van der Waals surface area contributed by atoms with Gasteiger partial charge in [-0.05, 0) is 51.9 Å². The predicted molar refractivity (Wildman–Crippen MR) is 77.9 cm³/mol. The molecule has 0 atom stereocenters. The second kappa shape index (κ2) is 10.2. The van der Waals surface area contributed by atoms with Crippen molar-refractivity contribution in [1.82, 2.24) is 4.90 Å². The molecule has 0 aromatic rings. The summed E-state index contributed by atoms with van der Waals surface area (Å²) in [5.74, 6) is 0. The molecule has 0 rings (SSSR count). The summed E-state index contributed by atoms with van der Waals surface area (Å²) in [6, 6.07) is 0. The van der Waals surface area contributed by atoms with Crippen molar-refractivity contribution in [1.29, 1.82) is 0 Å². The normalized spacial score (nSPS) is 13.9. The summed E-state index contributed by atoms with van der Waals surface area (Å²) < 4.78 is 0. The lowest BCUT2D eigenvalue weighted by Crippen LogP contribution is -2.25. The van der Waals surface area contributed by atoms with Gasteiger partial charge in [0.25, 0.3) is 0 Å². The molecule has 98 valence electrons. The van der Waals surface area contributed by atoms with Crippen LogP contribution in [-0.4, -0.2) is 24.5 Å². The third-order valence-electron chi connectivity index (χ3n) is 2.85. The Morgan fingerprint density at radius 3 is 2.47 bits per heavy atom. The summed E-state index contributed by atoms with van der Waals surface area (Å²) in [5, 5.41) is 0. The van der Waals surface area contributed by atoms with Crippen LogP contribution in [0.25, 0.3) is 0 Å². The van der Waals surface area contributed by atoms with Crippen LogP contribution < -0.4 is 5.73 Å². The van der Waals surface area contributed by atoms with E-state index in [1.165, 1.54) is 5.57 Å². The largest absolute Gasteiger partial charge is 0.404 e. The van der Waals surface area contributed by atoms with Gasteiger partial charge in [-0.1, -0.05) is 30.7 Å². The van der Waals surface area contributed by atoms with Crippen molar-refractivity contribution in [3.63, 3.8) is 0 Å². The van der Waals surface area contributed by atoms with E-state index in [1.54, 1.807) is 6.20 Å². The van der Waals surface area contributed by atoms with Crippen LogP contribution in [0.5, 0.6) is 0 Å². The molecule has 0 spiro atoms. The standard InChI is InChI=1S/C15H28N2/c1-5-7-8-10-17(6-2)11-9-14(3)12-15(4)13-16/h5,7,12-13H,6,8-11,16H2,1-4H3/b7-5-,14-12-,15-13-. The van der Waals surface area contributed by atoms with Crippen molar-refractivity contribution < 1.29 is 0 Å². The molecular formula is C15H28N2. The molecule has 0 aromatic heterocycles. The Kier molecular flexibility index (Phi) is 9.55. The van der Waals surface area contributed by atoms with Gasteiger partial charge < -0.3 is 10.6 Å². The zero-order valence-corrected chi connectivity index (χ0v) is 11.9. The summed E-state index contributed by atoms with van der Waals surface area (Å²) in [7, 11) is 0. The van der Waals surface area contributed by atoms with Gasteiger partial charge in [-0.3, -0.25) is 0 Å². The van der Waals surface area contributed by atoms with Gasteiger partial charge in [-0.2, -0.15) is 0 Å². The van der Waals surface area contributed by atoms with E-state index >= 15 is 0 Å². The van der Waals surface area contributed by atoms with Gasteiger partial charge in [0.1, 0.15) is 0 Å². The number of rotatable bonds is 8. The quantitative estimate of drug-likeness (QED) is 0.516. The maximum absolute atomic E-state index is 5.46. The van der Waals surface area contributed by atoms with Crippen LogP contribution in [0.1, 0.15) is 40.5 Å². The molecular weight excluding hydrogens is 208 g/mol. The second-order valence-corrected chi connectivity index (χ2v) is 4.44. The van der Waals surface area contributed by atoms with Crippen molar-refractivity contribution in [2.45, 2.75) is 40.5 Å². The summed E-state index contributed by atoms with van der Waals surface area (Å²) in [5.41, 5.74) is 7.99. The first kappa shape index (κ1) is 16.0. The molecule has 2 N–H and O–H groups in total. The van der Waals surface area contributed by atoms with Crippen molar-refractivity contribution in [2.24, 2.45) is 5.73 Å². The van der Waals surface area contributed by atoms with Gasteiger partial charge in [-0.25, -0.2) is 0 Å². The molecule has 0 aromatic carbocycles. The van der Waals surface area contributed by atoms with Crippen molar-refractivity contribution in [3.05, 3.63) is 35.6 Å². The highest BCUT2D eigenvalue weighted by molar-refractivity contribution is 5.19. The maximum atomic E-state index is 5.46. The molecule has 0 fully saturated rings. The van der Waals surface area contributed by atoms with Crippen LogP contribution in [0, 0.1) is 0 Å². The van der Waals surface area contributed by atoms with E-state index in [9.17, 15) is 0 Å². The fourth-order valence-electron chi connectivity index (χ4n) is 1.70. The van der Waals surface area contributed by atoms with E-state index in [1.807, 2.05) is 6.92 Å². The lowest BCUT2D eigenvalue weighted by Gasteiger charge is -2.19. The van der Waals surface area contributed by atoms with Gasteiger partial charge in [0.2, 0.25) is 0 Å². The predicted octanol–water partition coefficient (Wildman–Crippen LogP) is 3.47. The molecule has 0 amide bonds. The molecule has 0 saturated carbocycles. The van der Waals surface area contributed by atoms with Crippen LogP contribution in [0.4, 0.5) is 0 Å². The van der Waals surface area contributed by atoms with Crippen LogP contribution >= 0.6 is 0 Å². The molecule has 0 heterocycles. The van der Waals surface area contributed by atoms with E-state index in [4.69, 9.17) is 5.73 Å². The van der Waals surface area contributed by atoms with Gasteiger partial charge in [0.05, 0.1) is 0 Å². The Morgan fingerprint density at radius 1 is 1.24 bits per heavy atom. The molecule has 2 nitrogen and oxygen atoms in total.